The predicted molar refractivity (Wildman–Crippen MR) is 93.1 cm³/mol. The summed E-state index contributed by atoms with van der Waals surface area (Å²) in [6, 6.07) is 13.7. The highest BCUT2D eigenvalue weighted by Crippen LogP contribution is 2.30. The number of benzene rings is 2. The summed E-state index contributed by atoms with van der Waals surface area (Å²) in [5.74, 6) is 1.99. The van der Waals surface area contributed by atoms with E-state index in [0.717, 1.165) is 6.42 Å². The minimum absolute atomic E-state index is 0.0928. The molecule has 3 aromatic rings. The Morgan fingerprint density at radius 2 is 1.25 bits per heavy atom. The molecule has 6 heteroatoms. The molecule has 122 valence electrons. The van der Waals surface area contributed by atoms with Gasteiger partial charge in [-0.15, -0.1) is 11.6 Å². The zero-order valence-corrected chi connectivity index (χ0v) is 13.6. The van der Waals surface area contributed by atoms with Gasteiger partial charge in [0.25, 0.3) is 0 Å². The Morgan fingerprint density at radius 1 is 0.750 bits per heavy atom. The van der Waals surface area contributed by atoms with Crippen LogP contribution in [0.3, 0.4) is 0 Å². The maximum Gasteiger partial charge on any atom is 0.167 e. The third-order valence-electron chi connectivity index (χ3n) is 3.51. The van der Waals surface area contributed by atoms with Crippen molar-refractivity contribution in [3.63, 3.8) is 0 Å². The second kappa shape index (κ2) is 7.27. The van der Waals surface area contributed by atoms with Crippen molar-refractivity contribution in [1.29, 1.82) is 0 Å². The van der Waals surface area contributed by atoms with Gasteiger partial charge in [0.2, 0.25) is 0 Å². The quantitative estimate of drug-likeness (QED) is 0.690. The summed E-state index contributed by atoms with van der Waals surface area (Å²) in [5.41, 5.74) is 1.03. The number of hydrogen-bond acceptors (Lipinski definition) is 5. The molecule has 5 nitrogen and oxygen atoms in total. The highest BCUT2D eigenvalue weighted by Gasteiger charge is 2.14. The summed E-state index contributed by atoms with van der Waals surface area (Å²) in [5, 5.41) is 20.2. The molecule has 24 heavy (non-hydrogen) atoms. The first kappa shape index (κ1) is 16.2. The molecule has 0 atom stereocenters. The summed E-state index contributed by atoms with van der Waals surface area (Å²) < 4.78 is 0. The number of aromatic hydroxyl groups is 2. The van der Waals surface area contributed by atoms with Gasteiger partial charge in [0.15, 0.2) is 11.6 Å². The Hall–Kier alpha value is -2.66. The van der Waals surface area contributed by atoms with Crippen LogP contribution in [0.25, 0.3) is 22.8 Å². The Kier molecular flexibility index (Phi) is 4.91. The van der Waals surface area contributed by atoms with Gasteiger partial charge in [0, 0.05) is 12.3 Å². The lowest BCUT2D eigenvalue weighted by Gasteiger charge is -2.09. The normalized spacial score (nSPS) is 10.7. The fraction of sp³-hybridized carbons (Fsp3) is 0.167. The Labute approximate surface area is 144 Å². The van der Waals surface area contributed by atoms with E-state index in [0.29, 0.717) is 40.9 Å². The van der Waals surface area contributed by atoms with Gasteiger partial charge in [0.1, 0.15) is 17.3 Å². The van der Waals surface area contributed by atoms with E-state index in [4.69, 9.17) is 11.6 Å². The number of phenolic OH excluding ortho intramolecular Hbond substituents is 2. The largest absolute Gasteiger partial charge is 0.507 e. The smallest absolute Gasteiger partial charge is 0.167 e. The van der Waals surface area contributed by atoms with Crippen LogP contribution in [-0.2, 0) is 6.42 Å². The third kappa shape index (κ3) is 3.46. The molecule has 0 saturated heterocycles. The SMILES string of the molecule is Oc1ccccc1-c1nc(CCCCl)nc(-c2ccccc2O)n1. The van der Waals surface area contributed by atoms with Crippen molar-refractivity contribution in [1.82, 2.24) is 15.0 Å². The second-order valence-corrected chi connectivity index (χ2v) is 5.60. The van der Waals surface area contributed by atoms with Gasteiger partial charge in [-0.25, -0.2) is 15.0 Å². The lowest BCUT2D eigenvalue weighted by atomic mass is 10.1. The van der Waals surface area contributed by atoms with Gasteiger partial charge in [-0.2, -0.15) is 0 Å². The molecule has 0 spiro atoms. The topological polar surface area (TPSA) is 79.1 Å². The van der Waals surface area contributed by atoms with E-state index in [9.17, 15) is 10.2 Å². The number of aryl methyl sites for hydroxylation is 1. The molecule has 0 fully saturated rings. The summed E-state index contributed by atoms with van der Waals surface area (Å²) in [4.78, 5) is 13.3. The van der Waals surface area contributed by atoms with Crippen molar-refractivity contribution < 1.29 is 10.2 Å². The molecular formula is C18H16ClN3O2. The van der Waals surface area contributed by atoms with E-state index in [1.54, 1.807) is 48.5 Å². The fourth-order valence-corrected chi connectivity index (χ4v) is 2.46. The van der Waals surface area contributed by atoms with Gasteiger partial charge >= 0.3 is 0 Å². The van der Waals surface area contributed by atoms with Gasteiger partial charge in [-0.3, -0.25) is 0 Å². The van der Waals surface area contributed by atoms with Crippen molar-refractivity contribution in [2.24, 2.45) is 0 Å². The third-order valence-corrected chi connectivity index (χ3v) is 3.77. The van der Waals surface area contributed by atoms with Crippen LogP contribution in [0, 0.1) is 0 Å². The van der Waals surface area contributed by atoms with Gasteiger partial charge in [-0.1, -0.05) is 24.3 Å². The van der Waals surface area contributed by atoms with Crippen LogP contribution < -0.4 is 0 Å². The molecular weight excluding hydrogens is 326 g/mol. The second-order valence-electron chi connectivity index (χ2n) is 5.23. The maximum absolute atomic E-state index is 10.1. The molecule has 2 N–H and O–H groups in total. The van der Waals surface area contributed by atoms with Crippen LogP contribution in [0.2, 0.25) is 0 Å². The standard InChI is InChI=1S/C18H16ClN3O2/c19-11-5-10-16-20-17(12-6-1-3-8-14(12)23)22-18(21-16)13-7-2-4-9-15(13)24/h1-4,6-9,23-24H,5,10-11H2. The minimum atomic E-state index is 0.0928. The molecule has 0 aliphatic heterocycles. The molecule has 0 aliphatic rings. The average molecular weight is 342 g/mol. The molecule has 0 amide bonds. The van der Waals surface area contributed by atoms with Crippen molar-refractivity contribution in [2.45, 2.75) is 12.8 Å². The molecule has 3 rings (SSSR count). The number of hydrogen-bond donors (Lipinski definition) is 2. The number of para-hydroxylation sites is 2. The van der Waals surface area contributed by atoms with E-state index >= 15 is 0 Å². The van der Waals surface area contributed by atoms with Crippen LogP contribution in [0.15, 0.2) is 48.5 Å². The molecule has 2 aromatic carbocycles. The number of alkyl halides is 1. The highest BCUT2D eigenvalue weighted by molar-refractivity contribution is 6.17. The first-order valence-electron chi connectivity index (χ1n) is 7.56. The van der Waals surface area contributed by atoms with Gasteiger partial charge in [0.05, 0.1) is 11.1 Å². The molecule has 0 saturated carbocycles. The van der Waals surface area contributed by atoms with Crippen LogP contribution in [0.5, 0.6) is 11.5 Å². The minimum Gasteiger partial charge on any atom is -0.507 e. The van der Waals surface area contributed by atoms with E-state index in [-0.39, 0.29) is 11.5 Å². The monoisotopic (exact) mass is 341 g/mol. The van der Waals surface area contributed by atoms with Gasteiger partial charge < -0.3 is 10.2 Å². The van der Waals surface area contributed by atoms with E-state index in [1.165, 1.54) is 0 Å². The number of rotatable bonds is 5. The highest BCUT2D eigenvalue weighted by atomic mass is 35.5. The lowest BCUT2D eigenvalue weighted by Crippen LogP contribution is -2.03. The average Bonchev–Trinajstić information content (AvgIpc) is 2.60. The van der Waals surface area contributed by atoms with E-state index in [1.807, 2.05) is 0 Å². The van der Waals surface area contributed by atoms with E-state index < -0.39 is 0 Å². The van der Waals surface area contributed by atoms with Crippen molar-refractivity contribution in [3.05, 3.63) is 54.4 Å². The lowest BCUT2D eigenvalue weighted by molar-refractivity contribution is 0.476. The molecule has 0 bridgehead atoms. The molecule has 0 radical (unpaired) electrons. The Balaban J connectivity index is 2.14. The Morgan fingerprint density at radius 3 is 1.71 bits per heavy atom. The molecule has 1 aromatic heterocycles. The van der Waals surface area contributed by atoms with Crippen LogP contribution >= 0.6 is 11.6 Å². The predicted octanol–water partition coefficient (Wildman–Crippen LogP) is 3.79. The number of halogens is 1. The zero-order valence-electron chi connectivity index (χ0n) is 12.9. The van der Waals surface area contributed by atoms with Crippen LogP contribution in [-0.4, -0.2) is 31.0 Å². The fourth-order valence-electron chi connectivity index (χ4n) is 2.32. The summed E-state index contributed by atoms with van der Waals surface area (Å²) >= 11 is 5.76. The first-order chi connectivity index (χ1) is 11.7. The van der Waals surface area contributed by atoms with Gasteiger partial charge in [-0.05, 0) is 30.7 Å². The first-order valence-corrected chi connectivity index (χ1v) is 8.10. The van der Waals surface area contributed by atoms with Crippen molar-refractivity contribution in [2.75, 3.05) is 5.88 Å². The summed E-state index contributed by atoms with van der Waals surface area (Å²) in [7, 11) is 0. The molecule has 1 heterocycles. The van der Waals surface area contributed by atoms with Crippen molar-refractivity contribution >= 4 is 11.6 Å². The van der Waals surface area contributed by atoms with Crippen LogP contribution in [0.4, 0.5) is 0 Å². The molecule has 0 aliphatic carbocycles. The zero-order chi connectivity index (χ0) is 16.9. The Bertz CT molecular complexity index is 791. The number of aromatic nitrogens is 3. The van der Waals surface area contributed by atoms with E-state index in [2.05, 4.69) is 15.0 Å². The number of phenols is 2. The maximum atomic E-state index is 10.1. The summed E-state index contributed by atoms with van der Waals surface area (Å²) in [6.45, 7) is 0. The molecule has 0 unspecified atom stereocenters. The van der Waals surface area contributed by atoms with Crippen molar-refractivity contribution in [3.8, 4) is 34.3 Å². The number of nitrogens with zero attached hydrogens (tertiary/aromatic N) is 3. The van der Waals surface area contributed by atoms with Crippen LogP contribution in [0.1, 0.15) is 12.2 Å². The summed E-state index contributed by atoms with van der Waals surface area (Å²) in [6.07, 6.45) is 1.32.